The van der Waals surface area contributed by atoms with Crippen LogP contribution in [0.4, 0.5) is 0 Å². The molecule has 1 aliphatic rings. The molecule has 2 N–H and O–H groups in total. The van der Waals surface area contributed by atoms with Gasteiger partial charge >= 0.3 is 0 Å². The first kappa shape index (κ1) is 15.5. The number of hydrogen-bond acceptors (Lipinski definition) is 3. The summed E-state index contributed by atoms with van der Waals surface area (Å²) in [6.45, 7) is 5.59. The van der Waals surface area contributed by atoms with Crippen LogP contribution in [-0.4, -0.2) is 31.6 Å². The number of rotatable bonds is 4. The Morgan fingerprint density at radius 3 is 2.30 bits per heavy atom. The maximum absolute atomic E-state index is 12.4. The maximum atomic E-state index is 12.4. The molecule has 0 saturated carbocycles. The Hall–Kier alpha value is -0.910. The van der Waals surface area contributed by atoms with Gasteiger partial charge in [-0.1, -0.05) is 44.2 Å². The number of nitrogens with two attached hydrogens (primary N) is 1. The molecule has 20 heavy (non-hydrogen) atoms. The first-order valence-electron chi connectivity index (χ1n) is 7.09. The van der Waals surface area contributed by atoms with E-state index in [2.05, 4.69) is 13.8 Å². The third-order valence-corrected chi connectivity index (χ3v) is 6.02. The minimum Gasteiger partial charge on any atom is -0.323 e. The number of benzene rings is 1. The fourth-order valence-electron chi connectivity index (χ4n) is 2.50. The van der Waals surface area contributed by atoms with Crippen LogP contribution in [0, 0.1) is 5.41 Å². The van der Waals surface area contributed by atoms with Crippen LogP contribution in [-0.2, 0) is 10.0 Å². The van der Waals surface area contributed by atoms with E-state index >= 15 is 0 Å². The van der Waals surface area contributed by atoms with Gasteiger partial charge in [-0.05, 0) is 23.8 Å². The van der Waals surface area contributed by atoms with Crippen molar-refractivity contribution in [2.75, 3.05) is 18.8 Å². The molecule has 0 spiro atoms. The van der Waals surface area contributed by atoms with Gasteiger partial charge in [0.05, 0.1) is 5.75 Å². The third-order valence-electron chi connectivity index (χ3n) is 4.09. The summed E-state index contributed by atoms with van der Waals surface area (Å²) in [7, 11) is -3.27. The largest absolute Gasteiger partial charge is 0.323 e. The number of hydrogen-bond donors (Lipinski definition) is 1. The molecule has 1 aromatic rings. The fraction of sp³-hybridized carbons (Fsp3) is 0.600. The molecule has 1 aromatic carbocycles. The summed E-state index contributed by atoms with van der Waals surface area (Å²) >= 11 is 0. The molecule has 112 valence electrons. The van der Waals surface area contributed by atoms with E-state index in [0.717, 1.165) is 18.4 Å². The van der Waals surface area contributed by atoms with Crippen molar-refractivity contribution in [2.24, 2.45) is 11.1 Å². The summed E-state index contributed by atoms with van der Waals surface area (Å²) in [5.41, 5.74) is 7.15. The normalized spacial score (nSPS) is 21.6. The highest BCUT2D eigenvalue weighted by molar-refractivity contribution is 7.89. The van der Waals surface area contributed by atoms with Gasteiger partial charge in [0.2, 0.25) is 10.0 Å². The van der Waals surface area contributed by atoms with Crippen molar-refractivity contribution in [3.8, 4) is 0 Å². The second kappa shape index (κ2) is 5.84. The summed E-state index contributed by atoms with van der Waals surface area (Å²) in [5, 5.41) is 0. The monoisotopic (exact) mass is 296 g/mol. The number of piperidine rings is 1. The third kappa shape index (κ3) is 3.81. The minimum absolute atomic E-state index is 0.0164. The summed E-state index contributed by atoms with van der Waals surface area (Å²) < 4.78 is 26.5. The van der Waals surface area contributed by atoms with Gasteiger partial charge in [0.1, 0.15) is 0 Å². The molecule has 1 atom stereocenters. The molecule has 1 heterocycles. The quantitative estimate of drug-likeness (QED) is 0.926. The van der Waals surface area contributed by atoms with Crippen molar-refractivity contribution in [1.29, 1.82) is 0 Å². The molecule has 0 bridgehead atoms. The van der Waals surface area contributed by atoms with Crippen molar-refractivity contribution in [3.63, 3.8) is 0 Å². The molecular weight excluding hydrogens is 272 g/mol. The highest BCUT2D eigenvalue weighted by atomic mass is 32.2. The van der Waals surface area contributed by atoms with E-state index in [0.29, 0.717) is 13.1 Å². The zero-order chi connectivity index (χ0) is 14.8. The predicted molar refractivity (Wildman–Crippen MR) is 81.7 cm³/mol. The van der Waals surface area contributed by atoms with Crippen LogP contribution in [0.5, 0.6) is 0 Å². The lowest BCUT2D eigenvalue weighted by atomic mass is 9.83. The Labute approximate surface area is 122 Å². The van der Waals surface area contributed by atoms with Crippen molar-refractivity contribution in [1.82, 2.24) is 4.31 Å². The lowest BCUT2D eigenvalue weighted by Crippen LogP contribution is -2.43. The van der Waals surface area contributed by atoms with Gasteiger partial charge in [-0.2, -0.15) is 0 Å². The van der Waals surface area contributed by atoms with E-state index in [1.807, 2.05) is 30.3 Å². The molecule has 5 heteroatoms. The smallest absolute Gasteiger partial charge is 0.215 e. The van der Waals surface area contributed by atoms with Gasteiger partial charge in [0.25, 0.3) is 0 Å². The summed E-state index contributed by atoms with van der Waals surface area (Å²) in [6.07, 6.45) is 1.82. The van der Waals surface area contributed by atoms with Crippen molar-refractivity contribution >= 4 is 10.0 Å². The molecular formula is C15H24N2O2S. The van der Waals surface area contributed by atoms with Crippen molar-refractivity contribution in [2.45, 2.75) is 32.7 Å². The van der Waals surface area contributed by atoms with Crippen LogP contribution in [0.1, 0.15) is 38.3 Å². The van der Waals surface area contributed by atoms with Crippen LogP contribution in [0.15, 0.2) is 30.3 Å². The molecule has 0 aromatic heterocycles. The van der Waals surface area contributed by atoms with E-state index in [4.69, 9.17) is 5.73 Å². The van der Waals surface area contributed by atoms with Crippen LogP contribution < -0.4 is 5.73 Å². The number of nitrogens with zero attached hydrogens (tertiary/aromatic N) is 1. The molecule has 0 aliphatic carbocycles. The van der Waals surface area contributed by atoms with Crippen LogP contribution >= 0.6 is 0 Å². The topological polar surface area (TPSA) is 63.4 Å². The number of sulfonamides is 1. The second-order valence-electron chi connectivity index (χ2n) is 6.36. The van der Waals surface area contributed by atoms with Crippen molar-refractivity contribution < 1.29 is 8.42 Å². The second-order valence-corrected chi connectivity index (χ2v) is 8.37. The maximum Gasteiger partial charge on any atom is 0.215 e. The van der Waals surface area contributed by atoms with Crippen LogP contribution in [0.2, 0.25) is 0 Å². The Morgan fingerprint density at radius 2 is 1.75 bits per heavy atom. The molecule has 2 rings (SSSR count). The van der Waals surface area contributed by atoms with E-state index in [1.165, 1.54) is 0 Å². The van der Waals surface area contributed by atoms with Gasteiger partial charge in [0.15, 0.2) is 0 Å². The van der Waals surface area contributed by atoms with Gasteiger partial charge in [-0.25, -0.2) is 12.7 Å². The van der Waals surface area contributed by atoms with Gasteiger partial charge in [0, 0.05) is 19.1 Å². The average Bonchev–Trinajstić information content (AvgIpc) is 2.38. The zero-order valence-electron chi connectivity index (χ0n) is 12.2. The molecule has 0 radical (unpaired) electrons. The molecule has 1 saturated heterocycles. The van der Waals surface area contributed by atoms with E-state index in [9.17, 15) is 8.42 Å². The van der Waals surface area contributed by atoms with Gasteiger partial charge < -0.3 is 5.73 Å². The Morgan fingerprint density at radius 1 is 1.20 bits per heavy atom. The van der Waals surface area contributed by atoms with E-state index < -0.39 is 16.1 Å². The predicted octanol–water partition coefficient (Wildman–Crippen LogP) is 2.14. The molecule has 1 fully saturated rings. The highest BCUT2D eigenvalue weighted by Crippen LogP contribution is 2.31. The fourth-order valence-corrected chi connectivity index (χ4v) is 4.09. The Bertz CT molecular complexity index is 530. The van der Waals surface area contributed by atoms with Crippen molar-refractivity contribution in [3.05, 3.63) is 35.9 Å². The van der Waals surface area contributed by atoms with Crippen LogP contribution in [0.3, 0.4) is 0 Å². The van der Waals surface area contributed by atoms with Gasteiger partial charge in [-0.3, -0.25) is 0 Å². The average molecular weight is 296 g/mol. The molecule has 1 aliphatic heterocycles. The summed E-state index contributed by atoms with van der Waals surface area (Å²) in [5.74, 6) is -0.0164. The Balaban J connectivity index is 2.01. The SMILES string of the molecule is CC1(C)CCN(S(=O)(=O)CC(N)c2ccccc2)CC1. The summed E-state index contributed by atoms with van der Waals surface area (Å²) in [6, 6.07) is 8.95. The van der Waals surface area contributed by atoms with E-state index in [-0.39, 0.29) is 11.2 Å². The standard InChI is InChI=1S/C15H24N2O2S/c1-15(2)8-10-17(11-9-15)20(18,19)12-14(16)13-6-4-3-5-7-13/h3-7,14H,8-12,16H2,1-2H3. The highest BCUT2D eigenvalue weighted by Gasteiger charge is 2.32. The van der Waals surface area contributed by atoms with Gasteiger partial charge in [-0.15, -0.1) is 0 Å². The zero-order valence-corrected chi connectivity index (χ0v) is 13.1. The molecule has 0 amide bonds. The lowest BCUT2D eigenvalue weighted by Gasteiger charge is -2.36. The first-order valence-corrected chi connectivity index (χ1v) is 8.69. The van der Waals surface area contributed by atoms with E-state index in [1.54, 1.807) is 4.31 Å². The molecule has 1 unspecified atom stereocenters. The Kier molecular flexibility index (Phi) is 4.52. The first-order chi connectivity index (χ1) is 9.30. The lowest BCUT2D eigenvalue weighted by molar-refractivity contribution is 0.195. The minimum atomic E-state index is -3.27. The van der Waals surface area contributed by atoms with Crippen LogP contribution in [0.25, 0.3) is 0 Å². The molecule has 4 nitrogen and oxygen atoms in total. The summed E-state index contributed by atoms with van der Waals surface area (Å²) in [4.78, 5) is 0.